The Labute approximate surface area is 80.1 Å². The van der Waals surface area contributed by atoms with Crippen molar-refractivity contribution in [1.29, 1.82) is 0 Å². The van der Waals surface area contributed by atoms with Crippen molar-refractivity contribution in [3.8, 4) is 0 Å². The molecule has 0 radical (unpaired) electrons. The molecule has 0 aliphatic carbocycles. The highest BCUT2D eigenvalue weighted by atomic mass is 16.1. The molecule has 0 aromatic carbocycles. The Bertz CT molecular complexity index is 158. The van der Waals surface area contributed by atoms with Gasteiger partial charge in [-0.2, -0.15) is 0 Å². The van der Waals surface area contributed by atoms with Crippen molar-refractivity contribution in [2.45, 2.75) is 26.8 Å². The lowest BCUT2D eigenvalue weighted by atomic mass is 10.2. The van der Waals surface area contributed by atoms with Gasteiger partial charge in [0, 0.05) is 0 Å². The maximum atomic E-state index is 10.3. The Morgan fingerprint density at radius 3 is 1.69 bits per heavy atom. The topological polar surface area (TPSA) is 58.2 Å². The molecule has 0 aromatic heterocycles. The van der Waals surface area contributed by atoms with Gasteiger partial charge >= 0.3 is 0 Å². The second-order valence-electron chi connectivity index (χ2n) is 2.85. The maximum absolute atomic E-state index is 10.3. The van der Waals surface area contributed by atoms with Gasteiger partial charge < -0.3 is 10.6 Å². The highest BCUT2D eigenvalue weighted by Crippen LogP contribution is 1.77. The fourth-order valence-electron chi connectivity index (χ4n) is 0.452. The fraction of sp³-hybridized carbons (Fsp3) is 0.778. The van der Waals surface area contributed by atoms with Gasteiger partial charge in [-0.1, -0.05) is 0 Å². The highest BCUT2D eigenvalue weighted by Gasteiger charge is 2.00. The third-order valence-corrected chi connectivity index (χ3v) is 1.47. The van der Waals surface area contributed by atoms with Gasteiger partial charge in [-0.15, -0.1) is 0 Å². The lowest BCUT2D eigenvalue weighted by Crippen LogP contribution is -2.28. The van der Waals surface area contributed by atoms with Crippen molar-refractivity contribution in [3.05, 3.63) is 0 Å². The molecule has 0 saturated heterocycles. The molecule has 0 aliphatic rings. The second kappa shape index (κ2) is 9.35. The van der Waals surface area contributed by atoms with E-state index in [1.807, 2.05) is 6.92 Å². The minimum atomic E-state index is 0.0139. The Balaban J connectivity index is 0. The third-order valence-electron chi connectivity index (χ3n) is 1.47. The van der Waals surface area contributed by atoms with Crippen LogP contribution < -0.4 is 10.6 Å². The molecule has 2 N–H and O–H groups in total. The van der Waals surface area contributed by atoms with E-state index in [4.69, 9.17) is 0 Å². The van der Waals surface area contributed by atoms with Crippen molar-refractivity contribution in [3.63, 3.8) is 0 Å². The predicted molar refractivity (Wildman–Crippen MR) is 53.8 cm³/mol. The molecule has 0 aliphatic heterocycles. The van der Waals surface area contributed by atoms with Crippen LogP contribution >= 0.6 is 0 Å². The minimum Gasteiger partial charge on any atom is -0.313 e. The molecule has 0 fully saturated rings. The van der Waals surface area contributed by atoms with Gasteiger partial charge in [0.15, 0.2) is 0 Å². The van der Waals surface area contributed by atoms with Crippen molar-refractivity contribution in [2.75, 3.05) is 20.6 Å². The Morgan fingerprint density at radius 2 is 1.69 bits per heavy atom. The minimum absolute atomic E-state index is 0.0139. The van der Waals surface area contributed by atoms with E-state index in [0.717, 1.165) is 0 Å². The molecular weight excluding hydrogens is 168 g/mol. The van der Waals surface area contributed by atoms with Crippen LogP contribution in [0.5, 0.6) is 0 Å². The van der Waals surface area contributed by atoms with E-state index >= 15 is 0 Å². The molecule has 0 heterocycles. The van der Waals surface area contributed by atoms with Gasteiger partial charge in [0.25, 0.3) is 0 Å². The SMILES string of the molecule is CNC(C)C(C)=O.CNCC(C)=O. The first-order chi connectivity index (χ1) is 5.95. The van der Waals surface area contributed by atoms with Crippen LogP contribution in [0.4, 0.5) is 0 Å². The number of rotatable bonds is 4. The van der Waals surface area contributed by atoms with Gasteiger partial charge in [0.1, 0.15) is 11.6 Å². The molecular formula is C9H20N2O2. The van der Waals surface area contributed by atoms with E-state index in [-0.39, 0.29) is 17.6 Å². The van der Waals surface area contributed by atoms with E-state index in [9.17, 15) is 9.59 Å². The summed E-state index contributed by atoms with van der Waals surface area (Å²) in [4.78, 5) is 20.3. The lowest BCUT2D eigenvalue weighted by molar-refractivity contribution is -0.118. The molecule has 4 heteroatoms. The molecule has 0 amide bonds. The molecule has 13 heavy (non-hydrogen) atoms. The number of hydrogen-bond donors (Lipinski definition) is 2. The van der Waals surface area contributed by atoms with Crippen LogP contribution in [0.15, 0.2) is 0 Å². The normalized spacial score (nSPS) is 11.2. The average Bonchev–Trinajstić information content (AvgIpc) is 2.03. The van der Waals surface area contributed by atoms with Crippen molar-refractivity contribution in [1.82, 2.24) is 10.6 Å². The number of carbonyl (C=O) groups excluding carboxylic acids is 2. The monoisotopic (exact) mass is 188 g/mol. The zero-order valence-electron chi connectivity index (χ0n) is 9.10. The highest BCUT2D eigenvalue weighted by molar-refractivity contribution is 5.80. The second-order valence-corrected chi connectivity index (χ2v) is 2.85. The molecule has 0 spiro atoms. The van der Waals surface area contributed by atoms with E-state index < -0.39 is 0 Å². The summed E-state index contributed by atoms with van der Waals surface area (Å²) in [5, 5.41) is 5.53. The Morgan fingerprint density at radius 1 is 1.23 bits per heavy atom. The van der Waals surface area contributed by atoms with Crippen LogP contribution in [0.25, 0.3) is 0 Å². The number of ketones is 2. The summed E-state index contributed by atoms with van der Waals surface area (Å²) in [6.07, 6.45) is 0. The smallest absolute Gasteiger partial charge is 0.146 e. The summed E-state index contributed by atoms with van der Waals surface area (Å²) in [5.74, 6) is 0.361. The average molecular weight is 188 g/mol. The molecule has 78 valence electrons. The number of Topliss-reactive ketones (excluding diaryl/α,β-unsaturated/α-hetero) is 2. The van der Waals surface area contributed by atoms with Crippen LogP contribution in [0.3, 0.4) is 0 Å². The van der Waals surface area contributed by atoms with Crippen LogP contribution in [-0.2, 0) is 9.59 Å². The number of likely N-dealkylation sites (N-methyl/N-ethyl adjacent to an activating group) is 2. The van der Waals surface area contributed by atoms with E-state index in [1.54, 1.807) is 27.9 Å². The summed E-state index contributed by atoms with van der Waals surface area (Å²) in [6, 6.07) is 0.0139. The number of hydrogen-bond acceptors (Lipinski definition) is 4. The number of carbonyl (C=O) groups is 2. The van der Waals surface area contributed by atoms with Crippen LogP contribution in [-0.4, -0.2) is 38.2 Å². The van der Waals surface area contributed by atoms with Crippen LogP contribution in [0.1, 0.15) is 20.8 Å². The van der Waals surface area contributed by atoms with Gasteiger partial charge in [-0.3, -0.25) is 9.59 Å². The Kier molecular flexibility index (Phi) is 10.6. The molecule has 1 atom stereocenters. The summed E-state index contributed by atoms with van der Waals surface area (Å²) in [7, 11) is 3.52. The van der Waals surface area contributed by atoms with Crippen LogP contribution in [0.2, 0.25) is 0 Å². The largest absolute Gasteiger partial charge is 0.313 e. The zero-order valence-corrected chi connectivity index (χ0v) is 9.10. The third kappa shape index (κ3) is 14.2. The van der Waals surface area contributed by atoms with Crippen LogP contribution in [0, 0.1) is 0 Å². The van der Waals surface area contributed by atoms with Gasteiger partial charge in [0.05, 0.1) is 12.6 Å². The quantitative estimate of drug-likeness (QED) is 0.651. The molecule has 4 nitrogen and oxygen atoms in total. The van der Waals surface area contributed by atoms with E-state index in [2.05, 4.69) is 10.6 Å². The van der Waals surface area contributed by atoms with E-state index in [1.165, 1.54) is 0 Å². The molecule has 1 unspecified atom stereocenters. The maximum Gasteiger partial charge on any atom is 0.146 e. The van der Waals surface area contributed by atoms with Gasteiger partial charge in [0.2, 0.25) is 0 Å². The fourth-order valence-corrected chi connectivity index (χ4v) is 0.452. The van der Waals surface area contributed by atoms with Gasteiger partial charge in [-0.25, -0.2) is 0 Å². The first-order valence-electron chi connectivity index (χ1n) is 4.27. The first-order valence-corrected chi connectivity index (χ1v) is 4.27. The zero-order chi connectivity index (χ0) is 10.9. The number of nitrogens with one attached hydrogen (secondary N) is 2. The summed E-state index contributed by atoms with van der Waals surface area (Å²) in [6.45, 7) is 5.44. The summed E-state index contributed by atoms with van der Waals surface area (Å²) in [5.41, 5.74) is 0. The predicted octanol–water partition coefficient (Wildman–Crippen LogP) is -0.0219. The summed E-state index contributed by atoms with van der Waals surface area (Å²) < 4.78 is 0. The molecule has 0 bridgehead atoms. The molecule has 0 rings (SSSR count). The Hall–Kier alpha value is -0.740. The van der Waals surface area contributed by atoms with E-state index in [0.29, 0.717) is 6.54 Å². The van der Waals surface area contributed by atoms with Crippen molar-refractivity contribution < 1.29 is 9.59 Å². The van der Waals surface area contributed by atoms with Gasteiger partial charge in [-0.05, 0) is 34.9 Å². The standard InChI is InChI=1S/C5H11NO.C4H9NO/c1-4(6-3)5(2)7;1-4(6)3-5-2/h4,6H,1-3H3;5H,3H2,1-2H3. The molecule has 0 aromatic rings. The first kappa shape index (κ1) is 14.8. The van der Waals surface area contributed by atoms with Crippen molar-refractivity contribution >= 4 is 11.6 Å². The molecule has 0 saturated carbocycles. The van der Waals surface area contributed by atoms with Crippen molar-refractivity contribution in [2.24, 2.45) is 0 Å². The summed E-state index contributed by atoms with van der Waals surface area (Å²) >= 11 is 0. The lowest BCUT2D eigenvalue weighted by Gasteiger charge is -2.01.